The molecule has 2 aliphatic rings. The summed E-state index contributed by atoms with van der Waals surface area (Å²) in [5.74, 6) is 1.98. The molecular formula is C17H21N5. The molecule has 5 nitrogen and oxygen atoms in total. The van der Waals surface area contributed by atoms with Crippen LogP contribution in [0, 0.1) is 0 Å². The Hall–Kier alpha value is -2.01. The van der Waals surface area contributed by atoms with Crippen LogP contribution in [-0.2, 0) is 12.8 Å². The average Bonchev–Trinajstić information content (AvgIpc) is 2.62. The van der Waals surface area contributed by atoms with E-state index in [1.165, 1.54) is 24.1 Å². The van der Waals surface area contributed by atoms with Crippen molar-refractivity contribution in [2.75, 3.05) is 31.1 Å². The average molecular weight is 295 g/mol. The van der Waals surface area contributed by atoms with Crippen molar-refractivity contribution >= 4 is 5.82 Å². The Kier molecular flexibility index (Phi) is 3.72. The molecule has 0 aromatic carbocycles. The van der Waals surface area contributed by atoms with Gasteiger partial charge >= 0.3 is 0 Å². The van der Waals surface area contributed by atoms with Gasteiger partial charge < -0.3 is 10.2 Å². The van der Waals surface area contributed by atoms with E-state index in [2.05, 4.69) is 15.2 Å². The van der Waals surface area contributed by atoms with Crippen molar-refractivity contribution in [3.8, 4) is 11.4 Å². The fraction of sp³-hybridized carbons (Fsp3) is 0.471. The second kappa shape index (κ2) is 6.01. The quantitative estimate of drug-likeness (QED) is 0.916. The number of hydrogen-bond acceptors (Lipinski definition) is 5. The van der Waals surface area contributed by atoms with Gasteiger partial charge in [-0.05, 0) is 37.8 Å². The number of hydrogen-bond donors (Lipinski definition) is 1. The summed E-state index contributed by atoms with van der Waals surface area (Å²) in [5, 5.41) is 3.42. The summed E-state index contributed by atoms with van der Waals surface area (Å²) < 4.78 is 0. The van der Waals surface area contributed by atoms with Crippen LogP contribution >= 0.6 is 0 Å². The summed E-state index contributed by atoms with van der Waals surface area (Å²) in [6.45, 7) is 4.11. The summed E-state index contributed by atoms with van der Waals surface area (Å²) in [6, 6.07) is 3.99. The van der Waals surface area contributed by atoms with Crippen molar-refractivity contribution in [2.45, 2.75) is 25.7 Å². The molecule has 0 spiro atoms. The molecule has 2 aromatic heterocycles. The van der Waals surface area contributed by atoms with Crippen LogP contribution < -0.4 is 10.2 Å². The lowest BCUT2D eigenvalue weighted by Gasteiger charge is -2.32. The lowest BCUT2D eigenvalue weighted by atomic mass is 9.95. The molecule has 114 valence electrons. The van der Waals surface area contributed by atoms with Gasteiger partial charge in [0, 0.05) is 55.4 Å². The number of aromatic nitrogens is 3. The summed E-state index contributed by atoms with van der Waals surface area (Å²) in [6.07, 6.45) is 8.32. The minimum atomic E-state index is 0.822. The second-order valence-corrected chi connectivity index (χ2v) is 5.98. The largest absolute Gasteiger partial charge is 0.354 e. The van der Waals surface area contributed by atoms with E-state index in [0.717, 1.165) is 56.2 Å². The molecule has 1 N–H and O–H groups in total. The highest BCUT2D eigenvalue weighted by Gasteiger charge is 2.23. The normalized spacial score (nSPS) is 18.1. The second-order valence-electron chi connectivity index (χ2n) is 5.98. The fourth-order valence-electron chi connectivity index (χ4n) is 3.34. The van der Waals surface area contributed by atoms with Crippen molar-refractivity contribution < 1.29 is 0 Å². The molecule has 1 saturated heterocycles. The van der Waals surface area contributed by atoms with Crippen LogP contribution in [0.1, 0.15) is 24.1 Å². The van der Waals surface area contributed by atoms with E-state index in [9.17, 15) is 0 Å². The first-order valence-electron chi connectivity index (χ1n) is 8.18. The summed E-state index contributed by atoms with van der Waals surface area (Å²) in [7, 11) is 0. The molecule has 0 saturated carbocycles. The van der Waals surface area contributed by atoms with E-state index >= 15 is 0 Å². The van der Waals surface area contributed by atoms with Gasteiger partial charge in [0.25, 0.3) is 0 Å². The highest BCUT2D eigenvalue weighted by molar-refractivity contribution is 5.60. The maximum atomic E-state index is 4.93. The van der Waals surface area contributed by atoms with E-state index in [-0.39, 0.29) is 0 Å². The van der Waals surface area contributed by atoms with Crippen LogP contribution in [-0.4, -0.2) is 41.1 Å². The van der Waals surface area contributed by atoms with E-state index in [1.807, 2.05) is 18.3 Å². The van der Waals surface area contributed by atoms with Crippen molar-refractivity contribution in [3.05, 3.63) is 35.8 Å². The summed E-state index contributed by atoms with van der Waals surface area (Å²) in [5.41, 5.74) is 3.63. The monoisotopic (exact) mass is 295 g/mol. The molecule has 3 heterocycles. The number of pyridine rings is 1. The van der Waals surface area contributed by atoms with Gasteiger partial charge in [0.15, 0.2) is 5.82 Å². The van der Waals surface area contributed by atoms with Crippen molar-refractivity contribution in [3.63, 3.8) is 0 Å². The lowest BCUT2D eigenvalue weighted by Crippen LogP contribution is -2.44. The number of rotatable bonds is 2. The molecule has 5 heteroatoms. The molecular weight excluding hydrogens is 274 g/mol. The van der Waals surface area contributed by atoms with Crippen molar-refractivity contribution in [1.29, 1.82) is 0 Å². The molecule has 22 heavy (non-hydrogen) atoms. The van der Waals surface area contributed by atoms with Gasteiger partial charge in [0.1, 0.15) is 5.82 Å². The minimum absolute atomic E-state index is 0.822. The fourth-order valence-corrected chi connectivity index (χ4v) is 3.34. The Morgan fingerprint density at radius 1 is 1.05 bits per heavy atom. The summed E-state index contributed by atoms with van der Waals surface area (Å²) >= 11 is 0. The molecule has 0 atom stereocenters. The van der Waals surface area contributed by atoms with Crippen LogP contribution in [0.15, 0.2) is 24.5 Å². The smallest absolute Gasteiger partial charge is 0.163 e. The van der Waals surface area contributed by atoms with E-state index in [4.69, 9.17) is 9.97 Å². The maximum Gasteiger partial charge on any atom is 0.163 e. The number of anilines is 1. The van der Waals surface area contributed by atoms with Crippen LogP contribution in [0.5, 0.6) is 0 Å². The number of nitrogens with zero attached hydrogens (tertiary/aromatic N) is 4. The number of piperazine rings is 1. The van der Waals surface area contributed by atoms with Crippen LogP contribution in [0.2, 0.25) is 0 Å². The highest BCUT2D eigenvalue weighted by atomic mass is 15.2. The first-order valence-corrected chi connectivity index (χ1v) is 8.18. The van der Waals surface area contributed by atoms with E-state index in [0.29, 0.717) is 0 Å². The zero-order chi connectivity index (χ0) is 14.8. The van der Waals surface area contributed by atoms with Gasteiger partial charge in [0.2, 0.25) is 0 Å². The Balaban J connectivity index is 1.80. The topological polar surface area (TPSA) is 53.9 Å². The first-order chi connectivity index (χ1) is 10.9. The van der Waals surface area contributed by atoms with E-state index in [1.54, 1.807) is 6.20 Å². The predicted octanol–water partition coefficient (Wildman–Crippen LogP) is 1.83. The van der Waals surface area contributed by atoms with Crippen LogP contribution in [0.4, 0.5) is 5.82 Å². The zero-order valence-electron chi connectivity index (χ0n) is 12.8. The molecule has 1 aliphatic heterocycles. The number of nitrogens with one attached hydrogen (secondary N) is 1. The minimum Gasteiger partial charge on any atom is -0.354 e. The van der Waals surface area contributed by atoms with Gasteiger partial charge in [0.05, 0.1) is 0 Å². The predicted molar refractivity (Wildman–Crippen MR) is 87.0 cm³/mol. The van der Waals surface area contributed by atoms with Crippen molar-refractivity contribution in [2.24, 2.45) is 0 Å². The third-order valence-electron chi connectivity index (χ3n) is 4.50. The van der Waals surface area contributed by atoms with Gasteiger partial charge in [-0.2, -0.15) is 0 Å². The molecule has 0 radical (unpaired) electrons. The highest BCUT2D eigenvalue weighted by Crippen LogP contribution is 2.30. The first kappa shape index (κ1) is 13.6. The van der Waals surface area contributed by atoms with Gasteiger partial charge in [-0.25, -0.2) is 9.97 Å². The Labute approximate surface area is 130 Å². The number of aryl methyl sites for hydroxylation is 1. The van der Waals surface area contributed by atoms with Crippen molar-refractivity contribution in [1.82, 2.24) is 20.3 Å². The molecule has 0 amide bonds. The molecule has 0 bridgehead atoms. The van der Waals surface area contributed by atoms with Gasteiger partial charge in [-0.3, -0.25) is 4.98 Å². The van der Waals surface area contributed by atoms with Gasteiger partial charge in [-0.15, -0.1) is 0 Å². The molecule has 1 aliphatic carbocycles. The Bertz CT molecular complexity index is 650. The number of fused-ring (bicyclic) bond motifs is 1. The SMILES string of the molecule is c1cncc(-c2nc3c(c(N4CCNCC4)n2)CCCC3)c1. The van der Waals surface area contributed by atoms with E-state index < -0.39 is 0 Å². The standard InChI is InChI=1S/C17H21N5/c1-2-6-15-14(5-1)17(22-10-8-18-9-11-22)21-16(20-15)13-4-3-7-19-12-13/h3-4,7,12,18H,1-2,5-6,8-11H2. The third kappa shape index (κ3) is 2.57. The van der Waals surface area contributed by atoms with Crippen LogP contribution in [0.25, 0.3) is 11.4 Å². The molecule has 1 fully saturated rings. The zero-order valence-corrected chi connectivity index (χ0v) is 12.8. The molecule has 4 rings (SSSR count). The Morgan fingerprint density at radius 2 is 1.91 bits per heavy atom. The van der Waals surface area contributed by atoms with Gasteiger partial charge in [-0.1, -0.05) is 0 Å². The molecule has 2 aromatic rings. The maximum absolute atomic E-state index is 4.93. The van der Waals surface area contributed by atoms with Crippen LogP contribution in [0.3, 0.4) is 0 Å². The summed E-state index contributed by atoms with van der Waals surface area (Å²) in [4.78, 5) is 16.4. The Morgan fingerprint density at radius 3 is 2.73 bits per heavy atom. The lowest BCUT2D eigenvalue weighted by molar-refractivity contribution is 0.577. The molecule has 0 unspecified atom stereocenters. The third-order valence-corrected chi connectivity index (χ3v) is 4.50.